The van der Waals surface area contributed by atoms with Crippen molar-refractivity contribution in [2.45, 2.75) is 38.8 Å². The molecule has 2 aliphatic carbocycles. The molecule has 1 fully saturated rings. The van der Waals surface area contributed by atoms with E-state index in [0.29, 0.717) is 28.3 Å². The number of anilines is 1. The summed E-state index contributed by atoms with van der Waals surface area (Å²) in [5, 5.41) is 13.0. The highest BCUT2D eigenvalue weighted by Crippen LogP contribution is 2.36. The van der Waals surface area contributed by atoms with Gasteiger partial charge in [-0.2, -0.15) is 0 Å². The maximum Gasteiger partial charge on any atom is 0.251 e. The Morgan fingerprint density at radius 1 is 1.21 bits per heavy atom. The van der Waals surface area contributed by atoms with Gasteiger partial charge in [0.05, 0.1) is 0 Å². The standard InChI is InChI=1S/C18H19N3O3/c1-8(2)17-20-13-11-6-5-10(19-18(24)9-3-4-9)7-12(11)15(22)16(23)14(13)21-17/h5-9,18-19,24H,3-4H2,1-2H3,(H,20,21). The summed E-state index contributed by atoms with van der Waals surface area (Å²) in [7, 11) is 0. The van der Waals surface area contributed by atoms with Crippen molar-refractivity contribution in [3.63, 3.8) is 0 Å². The molecule has 2 aromatic rings. The molecule has 1 aromatic heterocycles. The molecule has 6 heteroatoms. The second-order valence-corrected chi connectivity index (χ2v) is 6.85. The molecule has 1 aromatic carbocycles. The molecule has 0 amide bonds. The van der Waals surface area contributed by atoms with Crippen LogP contribution in [0, 0.1) is 5.92 Å². The lowest BCUT2D eigenvalue weighted by molar-refractivity contribution is 0.0812. The number of benzene rings is 1. The third-order valence-electron chi connectivity index (χ3n) is 4.60. The largest absolute Gasteiger partial charge is 0.374 e. The molecule has 1 heterocycles. The van der Waals surface area contributed by atoms with Crippen molar-refractivity contribution in [1.29, 1.82) is 0 Å². The number of imidazole rings is 1. The SMILES string of the molecule is CC(C)c1nc2c([nH]1)C(=O)C(=O)c1cc(NC(O)C3CC3)ccc1-2. The first-order chi connectivity index (χ1) is 11.5. The number of fused-ring (bicyclic) bond motifs is 3. The van der Waals surface area contributed by atoms with Crippen molar-refractivity contribution in [3.05, 3.63) is 35.3 Å². The van der Waals surface area contributed by atoms with E-state index >= 15 is 0 Å². The average molecular weight is 325 g/mol. The van der Waals surface area contributed by atoms with Gasteiger partial charge in [0.2, 0.25) is 5.78 Å². The molecular weight excluding hydrogens is 306 g/mol. The van der Waals surface area contributed by atoms with Crippen LogP contribution in [0.25, 0.3) is 11.3 Å². The molecule has 0 bridgehead atoms. The van der Waals surface area contributed by atoms with Crippen molar-refractivity contribution >= 4 is 17.3 Å². The number of H-pyrrole nitrogens is 1. The molecule has 0 aliphatic heterocycles. The summed E-state index contributed by atoms with van der Waals surface area (Å²) in [5.41, 5.74) is 2.44. The fourth-order valence-corrected chi connectivity index (χ4v) is 2.99. The number of nitrogens with one attached hydrogen (secondary N) is 2. The van der Waals surface area contributed by atoms with E-state index in [-0.39, 0.29) is 17.5 Å². The number of rotatable bonds is 4. The minimum absolute atomic E-state index is 0.136. The summed E-state index contributed by atoms with van der Waals surface area (Å²) in [5.74, 6) is -0.000318. The first-order valence-electron chi connectivity index (χ1n) is 8.23. The van der Waals surface area contributed by atoms with Crippen LogP contribution in [0.1, 0.15) is 59.3 Å². The van der Waals surface area contributed by atoms with Crippen LogP contribution in [0.4, 0.5) is 5.69 Å². The van der Waals surface area contributed by atoms with Gasteiger partial charge in [-0.05, 0) is 31.0 Å². The zero-order valence-electron chi connectivity index (χ0n) is 13.6. The Kier molecular flexibility index (Phi) is 3.31. The maximum atomic E-state index is 12.5. The summed E-state index contributed by atoms with van der Waals surface area (Å²) in [6, 6.07) is 5.22. The number of hydrogen-bond donors (Lipinski definition) is 3. The number of hydrogen-bond acceptors (Lipinski definition) is 5. The molecule has 3 N–H and O–H groups in total. The van der Waals surface area contributed by atoms with Crippen molar-refractivity contribution < 1.29 is 14.7 Å². The Morgan fingerprint density at radius 2 is 1.96 bits per heavy atom. The molecule has 1 atom stereocenters. The van der Waals surface area contributed by atoms with Crippen molar-refractivity contribution in [2.75, 3.05) is 5.32 Å². The number of aliphatic hydroxyl groups is 1. The molecule has 0 radical (unpaired) electrons. The normalized spacial score (nSPS) is 17.7. The van der Waals surface area contributed by atoms with E-state index in [4.69, 9.17) is 0 Å². The highest BCUT2D eigenvalue weighted by Gasteiger charge is 2.35. The van der Waals surface area contributed by atoms with E-state index in [9.17, 15) is 14.7 Å². The van der Waals surface area contributed by atoms with Gasteiger partial charge in [-0.3, -0.25) is 9.59 Å². The van der Waals surface area contributed by atoms with Crippen molar-refractivity contribution in [1.82, 2.24) is 9.97 Å². The van der Waals surface area contributed by atoms with Gasteiger partial charge in [-0.1, -0.05) is 13.8 Å². The number of ketones is 2. The number of aromatic amines is 1. The number of carbonyl (C=O) groups is 2. The third-order valence-corrected chi connectivity index (χ3v) is 4.60. The van der Waals surface area contributed by atoms with E-state index in [2.05, 4.69) is 15.3 Å². The van der Waals surface area contributed by atoms with Gasteiger partial charge < -0.3 is 15.4 Å². The van der Waals surface area contributed by atoms with Crippen LogP contribution in [0.2, 0.25) is 0 Å². The lowest BCUT2D eigenvalue weighted by Crippen LogP contribution is -2.23. The molecule has 0 saturated heterocycles. The Balaban J connectivity index is 1.75. The number of aliphatic hydroxyl groups excluding tert-OH is 1. The number of carbonyl (C=O) groups excluding carboxylic acids is 2. The summed E-state index contributed by atoms with van der Waals surface area (Å²) in [4.78, 5) is 32.3. The summed E-state index contributed by atoms with van der Waals surface area (Å²) in [6.45, 7) is 3.95. The van der Waals surface area contributed by atoms with Crippen LogP contribution in [0.15, 0.2) is 18.2 Å². The van der Waals surface area contributed by atoms with E-state index in [1.807, 2.05) is 13.8 Å². The Labute approximate surface area is 139 Å². The highest BCUT2D eigenvalue weighted by atomic mass is 16.3. The molecule has 1 saturated carbocycles. The van der Waals surface area contributed by atoms with Gasteiger partial charge in [0, 0.05) is 28.7 Å². The van der Waals surface area contributed by atoms with E-state index in [1.165, 1.54) is 0 Å². The number of aromatic nitrogens is 2. The van der Waals surface area contributed by atoms with E-state index < -0.39 is 17.8 Å². The van der Waals surface area contributed by atoms with E-state index in [1.54, 1.807) is 18.2 Å². The van der Waals surface area contributed by atoms with Crippen LogP contribution in [0.3, 0.4) is 0 Å². The third kappa shape index (κ3) is 2.34. The van der Waals surface area contributed by atoms with Crippen LogP contribution in [0.5, 0.6) is 0 Å². The first-order valence-corrected chi connectivity index (χ1v) is 8.23. The predicted octanol–water partition coefficient (Wildman–Crippen LogP) is 2.72. The average Bonchev–Trinajstić information content (AvgIpc) is 3.31. The van der Waals surface area contributed by atoms with Gasteiger partial charge in [0.1, 0.15) is 23.4 Å². The smallest absolute Gasteiger partial charge is 0.251 e. The molecule has 124 valence electrons. The molecule has 6 nitrogen and oxygen atoms in total. The summed E-state index contributed by atoms with van der Waals surface area (Å²) < 4.78 is 0. The predicted molar refractivity (Wildman–Crippen MR) is 89.1 cm³/mol. The van der Waals surface area contributed by atoms with Gasteiger partial charge >= 0.3 is 0 Å². The zero-order valence-corrected chi connectivity index (χ0v) is 13.6. The molecule has 24 heavy (non-hydrogen) atoms. The Hall–Kier alpha value is -2.47. The van der Waals surface area contributed by atoms with Gasteiger partial charge in [-0.15, -0.1) is 0 Å². The fourth-order valence-electron chi connectivity index (χ4n) is 2.99. The van der Waals surface area contributed by atoms with Crippen molar-refractivity contribution in [3.8, 4) is 11.3 Å². The lowest BCUT2D eigenvalue weighted by atomic mass is 9.90. The van der Waals surface area contributed by atoms with E-state index in [0.717, 1.165) is 12.8 Å². The number of nitrogens with zero attached hydrogens (tertiary/aromatic N) is 1. The molecule has 1 unspecified atom stereocenters. The molecule has 0 spiro atoms. The van der Waals surface area contributed by atoms with Gasteiger partial charge in [0.15, 0.2) is 0 Å². The first kappa shape index (κ1) is 15.1. The van der Waals surface area contributed by atoms with Crippen LogP contribution in [-0.2, 0) is 0 Å². The van der Waals surface area contributed by atoms with Crippen LogP contribution >= 0.6 is 0 Å². The highest BCUT2D eigenvalue weighted by molar-refractivity contribution is 6.52. The summed E-state index contributed by atoms with van der Waals surface area (Å²) in [6.07, 6.45) is 1.39. The summed E-state index contributed by atoms with van der Waals surface area (Å²) >= 11 is 0. The topological polar surface area (TPSA) is 95.1 Å². The van der Waals surface area contributed by atoms with Crippen LogP contribution < -0.4 is 5.32 Å². The second-order valence-electron chi connectivity index (χ2n) is 6.85. The molecule has 2 aliphatic rings. The van der Waals surface area contributed by atoms with Gasteiger partial charge in [0.25, 0.3) is 5.78 Å². The van der Waals surface area contributed by atoms with Crippen molar-refractivity contribution in [2.24, 2.45) is 5.92 Å². The lowest BCUT2D eigenvalue weighted by Gasteiger charge is -2.17. The number of Topliss-reactive ketones (excluding diaryl/α,β-unsaturated/α-hetero) is 2. The Morgan fingerprint density at radius 3 is 2.62 bits per heavy atom. The quantitative estimate of drug-likeness (QED) is 0.593. The Bertz CT molecular complexity index is 849. The maximum absolute atomic E-state index is 12.5. The van der Waals surface area contributed by atoms with Crippen LogP contribution in [-0.4, -0.2) is 32.9 Å². The zero-order chi connectivity index (χ0) is 17.0. The molecular formula is C18H19N3O3. The minimum atomic E-state index is -0.620. The molecule has 4 rings (SSSR count). The fraction of sp³-hybridized carbons (Fsp3) is 0.389. The monoisotopic (exact) mass is 325 g/mol. The van der Waals surface area contributed by atoms with Gasteiger partial charge in [-0.25, -0.2) is 4.98 Å². The second kappa shape index (κ2) is 5.27. The minimum Gasteiger partial charge on any atom is -0.374 e.